The minimum absolute atomic E-state index is 0.167. The first-order valence-corrected chi connectivity index (χ1v) is 11.5. The van der Waals surface area contributed by atoms with Crippen LogP contribution in [0.25, 0.3) is 10.1 Å². The Balaban J connectivity index is 1.65. The van der Waals surface area contributed by atoms with Crippen LogP contribution in [0.3, 0.4) is 0 Å². The van der Waals surface area contributed by atoms with E-state index in [1.54, 1.807) is 7.11 Å². The summed E-state index contributed by atoms with van der Waals surface area (Å²) in [5, 5.41) is 7.79. The first-order chi connectivity index (χ1) is 14.1. The van der Waals surface area contributed by atoms with E-state index in [1.165, 1.54) is 27.6 Å². The van der Waals surface area contributed by atoms with Crippen molar-refractivity contribution < 1.29 is 14.3 Å². The molecule has 0 bridgehead atoms. The number of carbonyl (C=O) groups is 2. The Hall–Kier alpha value is -1.93. The molecule has 0 atom stereocenters. The van der Waals surface area contributed by atoms with Gasteiger partial charge in [0.25, 0.3) is 11.8 Å². The Morgan fingerprint density at radius 1 is 1.14 bits per heavy atom. The zero-order chi connectivity index (χ0) is 20.4. The Morgan fingerprint density at radius 3 is 2.72 bits per heavy atom. The van der Waals surface area contributed by atoms with Crippen molar-refractivity contribution in [1.29, 1.82) is 0 Å². The van der Waals surface area contributed by atoms with E-state index in [0.717, 1.165) is 41.3 Å². The molecule has 5 nitrogen and oxygen atoms in total. The van der Waals surface area contributed by atoms with E-state index in [0.29, 0.717) is 33.6 Å². The molecule has 0 spiro atoms. The van der Waals surface area contributed by atoms with Gasteiger partial charge in [0.05, 0.1) is 17.2 Å². The summed E-state index contributed by atoms with van der Waals surface area (Å²) in [6, 6.07) is 7.68. The predicted octanol–water partition coefficient (Wildman–Crippen LogP) is 5.12. The highest BCUT2D eigenvalue weighted by molar-refractivity contribution is 7.22. The number of ether oxygens (including phenoxy) is 1. The van der Waals surface area contributed by atoms with Gasteiger partial charge >= 0.3 is 0 Å². The molecule has 1 aliphatic carbocycles. The molecule has 2 heterocycles. The number of hydrogen-bond acceptors (Lipinski definition) is 5. The predicted molar refractivity (Wildman–Crippen MR) is 120 cm³/mol. The van der Waals surface area contributed by atoms with E-state index >= 15 is 0 Å². The van der Waals surface area contributed by atoms with Crippen molar-refractivity contribution in [3.8, 4) is 0 Å². The largest absolute Gasteiger partial charge is 0.383 e. The van der Waals surface area contributed by atoms with E-state index in [2.05, 4.69) is 10.6 Å². The second kappa shape index (κ2) is 8.83. The number of hydrogen-bond donors (Lipinski definition) is 2. The van der Waals surface area contributed by atoms with Crippen molar-refractivity contribution in [2.75, 3.05) is 25.6 Å². The van der Waals surface area contributed by atoms with Gasteiger partial charge < -0.3 is 15.4 Å². The lowest BCUT2D eigenvalue weighted by Crippen LogP contribution is -2.28. The summed E-state index contributed by atoms with van der Waals surface area (Å²) in [5.74, 6) is -0.445. The lowest BCUT2D eigenvalue weighted by atomic mass is 9.95. The van der Waals surface area contributed by atoms with Crippen molar-refractivity contribution in [2.45, 2.75) is 25.7 Å². The van der Waals surface area contributed by atoms with Crippen molar-refractivity contribution >= 4 is 61.2 Å². The summed E-state index contributed by atoms with van der Waals surface area (Å²) in [7, 11) is 1.60. The summed E-state index contributed by atoms with van der Waals surface area (Å²) in [4.78, 5) is 27.5. The third-order valence-electron chi connectivity index (χ3n) is 4.96. The highest BCUT2D eigenvalue weighted by atomic mass is 35.5. The maximum absolute atomic E-state index is 13.0. The van der Waals surface area contributed by atoms with Crippen molar-refractivity contribution in [2.24, 2.45) is 0 Å². The van der Waals surface area contributed by atoms with Gasteiger partial charge in [-0.05, 0) is 37.3 Å². The van der Waals surface area contributed by atoms with E-state index < -0.39 is 0 Å². The molecule has 2 amide bonds. The normalized spacial score (nSPS) is 13.3. The quantitative estimate of drug-likeness (QED) is 0.514. The summed E-state index contributed by atoms with van der Waals surface area (Å²) in [6.45, 7) is 0.868. The molecule has 0 saturated heterocycles. The molecule has 3 aromatic rings. The number of benzene rings is 1. The molecule has 1 aliphatic rings. The number of rotatable bonds is 6. The smallest absolute Gasteiger partial charge is 0.267 e. The molecule has 29 heavy (non-hydrogen) atoms. The van der Waals surface area contributed by atoms with Crippen LogP contribution in [-0.2, 0) is 17.6 Å². The monoisotopic (exact) mass is 448 g/mol. The number of carbonyl (C=O) groups excluding carboxylic acids is 2. The maximum atomic E-state index is 13.0. The molecule has 0 saturated carbocycles. The summed E-state index contributed by atoms with van der Waals surface area (Å²) < 4.78 is 5.99. The molecule has 4 rings (SSSR count). The van der Waals surface area contributed by atoms with Crippen LogP contribution in [0.4, 0.5) is 5.00 Å². The van der Waals surface area contributed by atoms with Crippen LogP contribution < -0.4 is 10.6 Å². The number of nitrogens with one attached hydrogen (secondary N) is 2. The number of halogens is 1. The summed E-state index contributed by atoms with van der Waals surface area (Å²) in [5.41, 5.74) is 1.65. The standard InChI is InChI=1S/C21H21ClN2O3S2/c1-27-11-10-23-19(25)16-12-6-2-4-8-14(12)29-21(16)24-20(26)18-17(22)13-7-3-5-9-15(13)28-18/h3,5,7,9H,2,4,6,8,10-11H2,1H3,(H,23,25)(H,24,26). The maximum Gasteiger partial charge on any atom is 0.267 e. The Kier molecular flexibility index (Phi) is 6.20. The van der Waals surface area contributed by atoms with Crippen LogP contribution in [0.2, 0.25) is 5.02 Å². The molecular formula is C21H21ClN2O3S2. The molecule has 8 heteroatoms. The van der Waals surface area contributed by atoms with Gasteiger partial charge in [0.1, 0.15) is 9.88 Å². The van der Waals surface area contributed by atoms with E-state index in [-0.39, 0.29) is 11.8 Å². The molecule has 2 N–H and O–H groups in total. The average Bonchev–Trinajstić information content (AvgIpc) is 3.26. The summed E-state index contributed by atoms with van der Waals surface area (Å²) >= 11 is 9.33. The molecule has 152 valence electrons. The number of methoxy groups -OCH3 is 1. The highest BCUT2D eigenvalue weighted by Crippen LogP contribution is 2.40. The topological polar surface area (TPSA) is 67.4 Å². The van der Waals surface area contributed by atoms with Crippen molar-refractivity contribution in [3.63, 3.8) is 0 Å². The SMILES string of the molecule is COCCNC(=O)c1c(NC(=O)c2sc3ccccc3c2Cl)sc2c1CCCC2. The second-order valence-corrected chi connectivity index (χ2v) is 9.39. The second-order valence-electron chi connectivity index (χ2n) is 6.86. The number of thiophene rings is 2. The summed E-state index contributed by atoms with van der Waals surface area (Å²) in [6.07, 6.45) is 3.96. The molecule has 0 aliphatic heterocycles. The van der Waals surface area contributed by atoms with Gasteiger partial charge in [-0.15, -0.1) is 22.7 Å². The van der Waals surface area contributed by atoms with Gasteiger partial charge in [-0.3, -0.25) is 9.59 Å². The molecule has 0 fully saturated rings. The van der Waals surface area contributed by atoms with Crippen LogP contribution in [0.15, 0.2) is 24.3 Å². The Labute approximate surface area is 182 Å². The van der Waals surface area contributed by atoms with Gasteiger partial charge in [-0.2, -0.15) is 0 Å². The van der Waals surface area contributed by atoms with Crippen LogP contribution >= 0.6 is 34.3 Å². The third kappa shape index (κ3) is 4.05. The zero-order valence-electron chi connectivity index (χ0n) is 16.0. The van der Waals surface area contributed by atoms with Gasteiger partial charge in [0.15, 0.2) is 0 Å². The third-order valence-corrected chi connectivity index (χ3v) is 7.84. The highest BCUT2D eigenvalue weighted by Gasteiger charge is 2.27. The van der Waals surface area contributed by atoms with Crippen LogP contribution in [-0.4, -0.2) is 32.1 Å². The number of aryl methyl sites for hydroxylation is 1. The minimum Gasteiger partial charge on any atom is -0.383 e. The molecule has 2 aromatic heterocycles. The van der Waals surface area contributed by atoms with Crippen LogP contribution in [0, 0.1) is 0 Å². The van der Waals surface area contributed by atoms with Crippen molar-refractivity contribution in [1.82, 2.24) is 5.32 Å². The van der Waals surface area contributed by atoms with Gasteiger partial charge in [-0.25, -0.2) is 0 Å². The lowest BCUT2D eigenvalue weighted by Gasteiger charge is -2.13. The lowest BCUT2D eigenvalue weighted by molar-refractivity contribution is 0.0937. The Bertz CT molecular complexity index is 1070. The first-order valence-electron chi connectivity index (χ1n) is 9.50. The number of anilines is 1. The molecule has 0 radical (unpaired) electrons. The fourth-order valence-corrected chi connectivity index (χ4v) is 6.26. The van der Waals surface area contributed by atoms with E-state index in [1.807, 2.05) is 24.3 Å². The first kappa shape index (κ1) is 20.3. The average molecular weight is 449 g/mol. The molecular weight excluding hydrogens is 428 g/mol. The van der Waals surface area contributed by atoms with Gasteiger partial charge in [-0.1, -0.05) is 29.8 Å². The number of fused-ring (bicyclic) bond motifs is 2. The Morgan fingerprint density at radius 2 is 1.93 bits per heavy atom. The van der Waals surface area contributed by atoms with Gasteiger partial charge in [0, 0.05) is 28.6 Å². The van der Waals surface area contributed by atoms with E-state index in [9.17, 15) is 9.59 Å². The van der Waals surface area contributed by atoms with Crippen molar-refractivity contribution in [3.05, 3.63) is 50.2 Å². The van der Waals surface area contributed by atoms with E-state index in [4.69, 9.17) is 16.3 Å². The fourth-order valence-electron chi connectivity index (χ4n) is 3.57. The fraction of sp³-hybridized carbons (Fsp3) is 0.333. The molecule has 0 unspecified atom stereocenters. The molecule has 1 aromatic carbocycles. The van der Waals surface area contributed by atoms with Crippen LogP contribution in [0.5, 0.6) is 0 Å². The zero-order valence-corrected chi connectivity index (χ0v) is 18.4. The minimum atomic E-state index is -0.277. The van der Waals surface area contributed by atoms with Crippen LogP contribution in [0.1, 0.15) is 43.3 Å². The number of amides is 2. The van der Waals surface area contributed by atoms with Gasteiger partial charge in [0.2, 0.25) is 0 Å².